The zero-order valence-electron chi connectivity index (χ0n) is 14.8. The van der Waals surface area contributed by atoms with Crippen LogP contribution in [0.5, 0.6) is 0 Å². The molecule has 0 aliphatic rings. The van der Waals surface area contributed by atoms with Gasteiger partial charge < -0.3 is 4.98 Å². The Morgan fingerprint density at radius 1 is 0.963 bits per heavy atom. The van der Waals surface area contributed by atoms with E-state index in [4.69, 9.17) is 0 Å². The Bertz CT molecular complexity index is 1050. The molecule has 2 heterocycles. The van der Waals surface area contributed by atoms with E-state index in [9.17, 15) is 4.79 Å². The van der Waals surface area contributed by atoms with Gasteiger partial charge in [0.05, 0.1) is 10.8 Å². The fourth-order valence-electron chi connectivity index (χ4n) is 3.15. The number of rotatable bonds is 5. The number of carbonyl (C=O) groups is 1. The van der Waals surface area contributed by atoms with E-state index in [-0.39, 0.29) is 11.7 Å². The van der Waals surface area contributed by atoms with E-state index in [0.29, 0.717) is 0 Å². The second kappa shape index (κ2) is 7.82. The van der Waals surface area contributed by atoms with Gasteiger partial charge in [-0.25, -0.2) is 0 Å². The highest BCUT2D eigenvalue weighted by atomic mass is 127. The van der Waals surface area contributed by atoms with Crippen LogP contribution in [-0.4, -0.2) is 10.8 Å². The predicted molar refractivity (Wildman–Crippen MR) is 120 cm³/mol. The number of thiophene rings is 1. The van der Waals surface area contributed by atoms with Gasteiger partial charge in [0.25, 0.3) is 0 Å². The third kappa shape index (κ3) is 3.92. The van der Waals surface area contributed by atoms with E-state index in [1.165, 1.54) is 9.13 Å². The number of H-pyrrole nitrogens is 1. The minimum atomic E-state index is 0.0825. The van der Waals surface area contributed by atoms with Gasteiger partial charge in [-0.15, -0.1) is 11.3 Å². The number of hydrogen-bond acceptors (Lipinski definition) is 2. The van der Waals surface area contributed by atoms with Crippen LogP contribution in [0.25, 0.3) is 0 Å². The lowest BCUT2D eigenvalue weighted by Gasteiger charge is -2.15. The van der Waals surface area contributed by atoms with Crippen molar-refractivity contribution in [3.8, 4) is 0 Å². The Morgan fingerprint density at radius 3 is 2.37 bits per heavy atom. The van der Waals surface area contributed by atoms with Crippen molar-refractivity contribution in [1.82, 2.24) is 4.98 Å². The summed E-state index contributed by atoms with van der Waals surface area (Å²) in [7, 11) is 0. The third-order valence-corrected chi connectivity index (χ3v) is 6.45. The lowest BCUT2D eigenvalue weighted by atomic mass is 9.94. The standard InChI is InChI=1S/C23H18INOS/c1-15-4-6-17(7-5-15)23(26)21-13-12-20(27-21)22(19-3-2-14-25-19)16-8-10-18(24)11-9-16/h2-14,22,25H,1H3. The summed E-state index contributed by atoms with van der Waals surface area (Å²) in [6.45, 7) is 2.03. The molecule has 27 heavy (non-hydrogen) atoms. The van der Waals surface area contributed by atoms with Crippen molar-refractivity contribution in [3.63, 3.8) is 0 Å². The molecule has 1 atom stereocenters. The Labute approximate surface area is 176 Å². The van der Waals surface area contributed by atoms with Gasteiger partial charge in [0, 0.05) is 25.9 Å². The molecule has 1 N–H and O–H groups in total. The molecular formula is C23H18INOS. The maximum atomic E-state index is 12.9. The highest BCUT2D eigenvalue weighted by molar-refractivity contribution is 14.1. The number of halogens is 1. The van der Waals surface area contributed by atoms with Crippen LogP contribution >= 0.6 is 33.9 Å². The molecule has 0 aliphatic heterocycles. The molecule has 0 bridgehead atoms. The zero-order chi connectivity index (χ0) is 18.8. The normalized spacial score (nSPS) is 12.1. The van der Waals surface area contributed by atoms with E-state index < -0.39 is 0 Å². The molecular weight excluding hydrogens is 465 g/mol. The maximum absolute atomic E-state index is 12.9. The number of carbonyl (C=O) groups excluding carboxylic acids is 1. The molecule has 0 radical (unpaired) electrons. The van der Waals surface area contributed by atoms with Crippen molar-refractivity contribution in [2.45, 2.75) is 12.8 Å². The van der Waals surface area contributed by atoms with E-state index in [1.54, 1.807) is 11.3 Å². The first-order valence-corrected chi connectivity index (χ1v) is 10.6. The molecule has 1 unspecified atom stereocenters. The SMILES string of the molecule is Cc1ccc(C(=O)c2ccc(C(c3ccc(I)cc3)c3ccc[nH]3)s2)cc1. The van der Waals surface area contributed by atoms with Gasteiger partial charge in [0.2, 0.25) is 5.78 Å². The smallest absolute Gasteiger partial charge is 0.202 e. The third-order valence-electron chi connectivity index (χ3n) is 4.59. The van der Waals surface area contributed by atoms with Crippen LogP contribution in [0.15, 0.2) is 79.0 Å². The number of aromatic amines is 1. The quantitative estimate of drug-likeness (QED) is 0.259. The van der Waals surface area contributed by atoms with Crippen LogP contribution in [0, 0.1) is 10.5 Å². The fourth-order valence-corrected chi connectivity index (χ4v) is 4.63. The first-order valence-electron chi connectivity index (χ1n) is 8.71. The first-order chi connectivity index (χ1) is 13.1. The Hall–Kier alpha value is -2.18. The molecule has 2 aromatic heterocycles. The van der Waals surface area contributed by atoms with Crippen LogP contribution in [-0.2, 0) is 0 Å². The zero-order valence-corrected chi connectivity index (χ0v) is 17.8. The summed E-state index contributed by atoms with van der Waals surface area (Å²) in [6.07, 6.45) is 1.95. The Kier molecular flexibility index (Phi) is 5.27. The monoisotopic (exact) mass is 483 g/mol. The summed E-state index contributed by atoms with van der Waals surface area (Å²) < 4.78 is 1.21. The van der Waals surface area contributed by atoms with Crippen molar-refractivity contribution in [2.75, 3.05) is 0 Å². The maximum Gasteiger partial charge on any atom is 0.202 e. The van der Waals surface area contributed by atoms with E-state index in [0.717, 1.165) is 26.6 Å². The van der Waals surface area contributed by atoms with Gasteiger partial charge in [0.1, 0.15) is 0 Å². The van der Waals surface area contributed by atoms with Crippen LogP contribution in [0.3, 0.4) is 0 Å². The molecule has 0 spiro atoms. The average Bonchev–Trinajstić information content (AvgIpc) is 3.36. The van der Waals surface area contributed by atoms with E-state index in [1.807, 2.05) is 49.5 Å². The highest BCUT2D eigenvalue weighted by Gasteiger charge is 2.21. The van der Waals surface area contributed by atoms with Crippen molar-refractivity contribution in [2.24, 2.45) is 0 Å². The molecule has 0 amide bonds. The molecule has 4 heteroatoms. The van der Waals surface area contributed by atoms with Gasteiger partial charge in [-0.1, -0.05) is 42.0 Å². The average molecular weight is 483 g/mol. The van der Waals surface area contributed by atoms with Gasteiger partial charge in [0.15, 0.2) is 0 Å². The van der Waals surface area contributed by atoms with Crippen LogP contribution in [0.4, 0.5) is 0 Å². The molecule has 2 aromatic carbocycles. The molecule has 0 saturated heterocycles. The van der Waals surface area contributed by atoms with Crippen molar-refractivity contribution in [3.05, 3.63) is 115 Å². The Morgan fingerprint density at radius 2 is 1.70 bits per heavy atom. The van der Waals surface area contributed by atoms with E-state index in [2.05, 4.69) is 64.0 Å². The summed E-state index contributed by atoms with van der Waals surface area (Å²) in [5.41, 5.74) is 4.24. The second-order valence-electron chi connectivity index (χ2n) is 6.51. The number of nitrogens with one attached hydrogen (secondary N) is 1. The lowest BCUT2D eigenvalue weighted by Crippen LogP contribution is -2.02. The number of hydrogen-bond donors (Lipinski definition) is 1. The van der Waals surface area contributed by atoms with Crippen LogP contribution in [0.2, 0.25) is 0 Å². The van der Waals surface area contributed by atoms with Crippen molar-refractivity contribution in [1.29, 1.82) is 0 Å². The Balaban J connectivity index is 1.71. The summed E-state index contributed by atoms with van der Waals surface area (Å²) >= 11 is 3.89. The summed E-state index contributed by atoms with van der Waals surface area (Å²) in [5, 5.41) is 0. The van der Waals surface area contributed by atoms with Gasteiger partial charge in [-0.3, -0.25) is 4.79 Å². The molecule has 0 fully saturated rings. The minimum absolute atomic E-state index is 0.0825. The van der Waals surface area contributed by atoms with Crippen molar-refractivity contribution < 1.29 is 4.79 Å². The number of benzene rings is 2. The van der Waals surface area contributed by atoms with E-state index >= 15 is 0 Å². The molecule has 0 saturated carbocycles. The predicted octanol–water partition coefficient (Wildman–Crippen LogP) is 6.40. The fraction of sp³-hybridized carbons (Fsp3) is 0.0870. The molecule has 2 nitrogen and oxygen atoms in total. The largest absolute Gasteiger partial charge is 0.364 e. The lowest BCUT2D eigenvalue weighted by molar-refractivity contribution is 0.104. The topological polar surface area (TPSA) is 32.9 Å². The number of aryl methyl sites for hydroxylation is 1. The van der Waals surface area contributed by atoms with Crippen LogP contribution < -0.4 is 0 Å². The number of ketones is 1. The van der Waals surface area contributed by atoms with Gasteiger partial charge in [-0.05, 0) is 71.5 Å². The summed E-state index contributed by atoms with van der Waals surface area (Å²) in [6, 6.07) is 24.5. The highest BCUT2D eigenvalue weighted by Crippen LogP contribution is 2.36. The summed E-state index contributed by atoms with van der Waals surface area (Å²) in [4.78, 5) is 18.1. The van der Waals surface area contributed by atoms with Gasteiger partial charge >= 0.3 is 0 Å². The molecule has 0 aliphatic carbocycles. The minimum Gasteiger partial charge on any atom is -0.364 e. The first kappa shape index (κ1) is 18.2. The molecule has 134 valence electrons. The van der Waals surface area contributed by atoms with Crippen LogP contribution in [0.1, 0.15) is 42.9 Å². The van der Waals surface area contributed by atoms with Crippen molar-refractivity contribution >= 4 is 39.7 Å². The number of aromatic nitrogens is 1. The summed E-state index contributed by atoms with van der Waals surface area (Å²) in [5.74, 6) is 0.181. The molecule has 4 rings (SSSR count). The van der Waals surface area contributed by atoms with Gasteiger partial charge in [-0.2, -0.15) is 0 Å². The molecule has 4 aromatic rings. The second-order valence-corrected chi connectivity index (χ2v) is 8.87.